The fourth-order valence-corrected chi connectivity index (χ4v) is 7.50. The lowest BCUT2D eigenvalue weighted by atomic mass is 9.76. The number of piperidine rings is 4. The standard InChI is InChI=1S/C27H45N5O3/c1-29(23-6-3-2-4-7-23)15-12-28-26(34)21-10-13-30(14-11-21)27(35)31-17-20-16-22(19-31)24-8-5-9-25(33)32(24)18-20/h20-24H,2-19H2,1H3,(H,28,34)/t20-,22+,24+/m0/s1. The number of hydrogen-bond donors (Lipinski definition) is 1. The number of fused-ring (bicyclic) bond motifs is 4. The molecule has 0 spiro atoms. The maximum atomic E-state index is 13.3. The van der Waals surface area contributed by atoms with Crippen molar-refractivity contribution in [3.63, 3.8) is 0 Å². The van der Waals surface area contributed by atoms with Gasteiger partial charge >= 0.3 is 6.03 Å². The van der Waals surface area contributed by atoms with Crippen LogP contribution in [0.1, 0.15) is 70.6 Å². The molecule has 0 aromatic carbocycles. The van der Waals surface area contributed by atoms with Crippen LogP contribution < -0.4 is 5.32 Å². The Balaban J connectivity index is 1.04. The molecule has 1 aliphatic carbocycles. The number of carbonyl (C=O) groups excluding carboxylic acids is 3. The number of hydrogen-bond acceptors (Lipinski definition) is 4. The molecule has 4 saturated heterocycles. The predicted molar refractivity (Wildman–Crippen MR) is 135 cm³/mol. The zero-order chi connectivity index (χ0) is 24.4. The van der Waals surface area contributed by atoms with Crippen LogP contribution in [0.25, 0.3) is 0 Å². The van der Waals surface area contributed by atoms with E-state index in [0.29, 0.717) is 55.9 Å². The van der Waals surface area contributed by atoms with Gasteiger partial charge in [0.1, 0.15) is 0 Å². The van der Waals surface area contributed by atoms with E-state index in [0.717, 1.165) is 58.3 Å². The molecule has 4 amide bonds. The molecule has 196 valence electrons. The highest BCUT2D eigenvalue weighted by molar-refractivity contribution is 5.80. The number of likely N-dealkylation sites (N-methyl/N-ethyl adjacent to an activating group) is 1. The van der Waals surface area contributed by atoms with Gasteiger partial charge in [0, 0.05) is 70.2 Å². The van der Waals surface area contributed by atoms with Crippen molar-refractivity contribution in [2.75, 3.05) is 52.9 Å². The zero-order valence-electron chi connectivity index (χ0n) is 21.6. The van der Waals surface area contributed by atoms with E-state index in [4.69, 9.17) is 0 Å². The van der Waals surface area contributed by atoms with Crippen molar-refractivity contribution < 1.29 is 14.4 Å². The molecule has 3 atom stereocenters. The van der Waals surface area contributed by atoms with Crippen LogP contribution in [-0.2, 0) is 9.59 Å². The summed E-state index contributed by atoms with van der Waals surface area (Å²) in [6, 6.07) is 1.14. The van der Waals surface area contributed by atoms with Gasteiger partial charge in [-0.05, 0) is 63.8 Å². The lowest BCUT2D eigenvalue weighted by Crippen LogP contribution is -2.62. The number of rotatable bonds is 5. The summed E-state index contributed by atoms with van der Waals surface area (Å²) < 4.78 is 0. The van der Waals surface area contributed by atoms with Gasteiger partial charge in [0.2, 0.25) is 11.8 Å². The fraction of sp³-hybridized carbons (Fsp3) is 0.889. The Bertz CT molecular complexity index is 777. The third-order valence-corrected chi connectivity index (χ3v) is 9.55. The van der Waals surface area contributed by atoms with Crippen molar-refractivity contribution in [3.8, 4) is 0 Å². The van der Waals surface area contributed by atoms with E-state index in [1.54, 1.807) is 0 Å². The average molecular weight is 488 g/mol. The molecule has 0 unspecified atom stereocenters. The molecule has 5 aliphatic rings. The van der Waals surface area contributed by atoms with Gasteiger partial charge in [-0.2, -0.15) is 0 Å². The summed E-state index contributed by atoms with van der Waals surface area (Å²) in [5.74, 6) is 1.32. The number of nitrogens with one attached hydrogen (secondary N) is 1. The van der Waals surface area contributed by atoms with E-state index in [-0.39, 0.29) is 17.9 Å². The molecule has 8 nitrogen and oxygen atoms in total. The number of amides is 4. The lowest BCUT2D eigenvalue weighted by Gasteiger charge is -2.53. The van der Waals surface area contributed by atoms with Crippen LogP contribution in [0.15, 0.2) is 0 Å². The van der Waals surface area contributed by atoms with Gasteiger partial charge < -0.3 is 24.9 Å². The zero-order valence-corrected chi connectivity index (χ0v) is 21.6. The predicted octanol–water partition coefficient (Wildman–Crippen LogP) is 2.53. The summed E-state index contributed by atoms with van der Waals surface area (Å²) in [6.45, 7) is 5.32. The Morgan fingerprint density at radius 2 is 1.71 bits per heavy atom. The quantitative estimate of drug-likeness (QED) is 0.647. The molecule has 1 N–H and O–H groups in total. The van der Waals surface area contributed by atoms with Gasteiger partial charge in [-0.1, -0.05) is 19.3 Å². The molecule has 5 rings (SSSR count). The summed E-state index contributed by atoms with van der Waals surface area (Å²) in [4.78, 5) is 47.0. The van der Waals surface area contributed by atoms with Gasteiger partial charge in [-0.3, -0.25) is 9.59 Å². The van der Waals surface area contributed by atoms with Gasteiger partial charge in [0.15, 0.2) is 0 Å². The minimum atomic E-state index is 0.0154. The Morgan fingerprint density at radius 1 is 0.943 bits per heavy atom. The highest BCUT2D eigenvalue weighted by atomic mass is 16.2. The second-order valence-electron chi connectivity index (χ2n) is 11.9. The number of carbonyl (C=O) groups is 3. The smallest absolute Gasteiger partial charge is 0.320 e. The maximum absolute atomic E-state index is 13.3. The first-order chi connectivity index (χ1) is 17.0. The average Bonchev–Trinajstić information content (AvgIpc) is 2.89. The Kier molecular flexibility index (Phi) is 7.85. The molecule has 8 heteroatoms. The Hall–Kier alpha value is -1.83. The maximum Gasteiger partial charge on any atom is 0.320 e. The van der Waals surface area contributed by atoms with Crippen molar-refractivity contribution >= 4 is 17.8 Å². The second kappa shape index (κ2) is 11.1. The molecule has 35 heavy (non-hydrogen) atoms. The van der Waals surface area contributed by atoms with Crippen LogP contribution in [0.4, 0.5) is 4.79 Å². The summed E-state index contributed by atoms with van der Waals surface area (Å²) in [6.07, 6.45) is 12.0. The van der Waals surface area contributed by atoms with E-state index in [1.807, 2.05) is 4.90 Å². The first-order valence-electron chi connectivity index (χ1n) is 14.3. The minimum absolute atomic E-state index is 0.0154. The van der Waals surface area contributed by atoms with Crippen molar-refractivity contribution in [1.29, 1.82) is 0 Å². The van der Waals surface area contributed by atoms with Crippen molar-refractivity contribution in [3.05, 3.63) is 0 Å². The molecule has 0 radical (unpaired) electrons. The van der Waals surface area contributed by atoms with E-state index < -0.39 is 0 Å². The van der Waals surface area contributed by atoms with Gasteiger partial charge in [0.25, 0.3) is 0 Å². The second-order valence-corrected chi connectivity index (χ2v) is 11.9. The Morgan fingerprint density at radius 3 is 2.49 bits per heavy atom. The van der Waals surface area contributed by atoms with E-state index >= 15 is 0 Å². The molecule has 2 bridgehead atoms. The summed E-state index contributed by atoms with van der Waals surface area (Å²) >= 11 is 0. The molecule has 0 aromatic heterocycles. The molecule has 0 aromatic rings. The summed E-state index contributed by atoms with van der Waals surface area (Å²) in [7, 11) is 2.19. The third-order valence-electron chi connectivity index (χ3n) is 9.55. The lowest BCUT2D eigenvalue weighted by molar-refractivity contribution is -0.144. The summed E-state index contributed by atoms with van der Waals surface area (Å²) in [5.41, 5.74) is 0. The molecule has 1 saturated carbocycles. The largest absolute Gasteiger partial charge is 0.355 e. The summed E-state index contributed by atoms with van der Waals surface area (Å²) in [5, 5.41) is 3.16. The van der Waals surface area contributed by atoms with E-state index in [9.17, 15) is 14.4 Å². The Labute approximate surface area is 210 Å². The number of nitrogens with zero attached hydrogens (tertiary/aromatic N) is 4. The van der Waals surface area contributed by atoms with Crippen molar-refractivity contribution in [1.82, 2.24) is 24.9 Å². The molecule has 5 fully saturated rings. The topological polar surface area (TPSA) is 76.2 Å². The van der Waals surface area contributed by atoms with Crippen LogP contribution in [0.3, 0.4) is 0 Å². The highest BCUT2D eigenvalue weighted by Crippen LogP contribution is 2.38. The van der Waals surface area contributed by atoms with Crippen molar-refractivity contribution in [2.24, 2.45) is 17.8 Å². The number of urea groups is 1. The first kappa shape index (κ1) is 24.8. The monoisotopic (exact) mass is 487 g/mol. The van der Waals surface area contributed by atoms with Crippen LogP contribution in [-0.4, -0.2) is 102 Å². The SMILES string of the molecule is CN(CCNC(=O)C1CCN(C(=O)N2C[C@@H]3C[C@H](C2)[C@H]2CCCC(=O)N2C3)CC1)C1CCCCC1. The minimum Gasteiger partial charge on any atom is -0.355 e. The van der Waals surface area contributed by atoms with Gasteiger partial charge in [-0.25, -0.2) is 4.79 Å². The van der Waals surface area contributed by atoms with Crippen LogP contribution >= 0.6 is 0 Å². The van der Waals surface area contributed by atoms with Crippen LogP contribution in [0.5, 0.6) is 0 Å². The van der Waals surface area contributed by atoms with Gasteiger partial charge in [-0.15, -0.1) is 0 Å². The molecular formula is C27H45N5O3. The van der Waals surface area contributed by atoms with E-state index in [2.05, 4.69) is 27.1 Å². The highest BCUT2D eigenvalue weighted by Gasteiger charge is 2.45. The molecule has 4 heterocycles. The molecule has 4 aliphatic heterocycles. The fourth-order valence-electron chi connectivity index (χ4n) is 7.50. The van der Waals surface area contributed by atoms with Crippen molar-refractivity contribution in [2.45, 2.75) is 82.7 Å². The van der Waals surface area contributed by atoms with Crippen LogP contribution in [0, 0.1) is 17.8 Å². The molecular weight excluding hydrogens is 442 g/mol. The van der Waals surface area contributed by atoms with Gasteiger partial charge in [0.05, 0.1) is 0 Å². The third kappa shape index (κ3) is 5.62. The first-order valence-corrected chi connectivity index (χ1v) is 14.3. The normalized spacial score (nSPS) is 30.4. The number of likely N-dealkylation sites (tertiary alicyclic amines) is 2. The van der Waals surface area contributed by atoms with E-state index in [1.165, 1.54) is 32.1 Å². The van der Waals surface area contributed by atoms with Crippen LogP contribution in [0.2, 0.25) is 0 Å².